The van der Waals surface area contributed by atoms with E-state index >= 15 is 0 Å². The number of nitrogens with one attached hydrogen (secondary N) is 6. The van der Waals surface area contributed by atoms with E-state index in [1.807, 2.05) is 11.9 Å². The second-order valence-corrected chi connectivity index (χ2v) is 11.4. The Morgan fingerprint density at radius 3 is 2.89 bits per heavy atom. The van der Waals surface area contributed by atoms with Crippen LogP contribution in [0.25, 0.3) is 0 Å². The van der Waals surface area contributed by atoms with Gasteiger partial charge in [0.05, 0.1) is 37.9 Å². The molecule has 0 aromatic carbocycles. The minimum absolute atomic E-state index is 0.0127. The van der Waals surface area contributed by atoms with Gasteiger partial charge in [0, 0.05) is 32.3 Å². The van der Waals surface area contributed by atoms with E-state index in [1.54, 1.807) is 0 Å². The molecule has 0 aromatic rings. The van der Waals surface area contributed by atoms with Crippen molar-refractivity contribution in [2.75, 3.05) is 53.3 Å². The summed E-state index contributed by atoms with van der Waals surface area (Å²) in [5, 5.41) is 40.7. The Morgan fingerprint density at radius 2 is 2.08 bits per heavy atom. The molecule has 0 aromatic heterocycles. The summed E-state index contributed by atoms with van der Waals surface area (Å²) in [6.07, 6.45) is 1.88. The van der Waals surface area contributed by atoms with E-state index in [9.17, 15) is 15.0 Å². The van der Waals surface area contributed by atoms with Crippen molar-refractivity contribution in [1.29, 1.82) is 0 Å². The van der Waals surface area contributed by atoms with Crippen LogP contribution >= 0.6 is 0 Å². The monoisotopic (exact) mass is 541 g/mol. The molecule has 0 radical (unpaired) electrons. The first-order chi connectivity index (χ1) is 18.4. The summed E-state index contributed by atoms with van der Waals surface area (Å²) in [4.78, 5) is 16.5. The standard InChI is InChI=1S/C24H47N9O5/c1-32(7-3-6-27-24(36)31-15-5-2-4-14(8-15)16-9-26-13-37-16)10-17-19(34)20(35)23(38-17)33-12-30-18-21(25)28-11-29-22(18)33/h14-23,26,28-30,34-35H,2-13,25H2,1H3,(H2,27,31,36)/t14?,15?,16?,17-,18?,19-,20-,21?,22?,23-/m1/s1. The predicted molar refractivity (Wildman–Crippen MR) is 139 cm³/mol. The Kier molecular flexibility index (Phi) is 9.70. The highest BCUT2D eigenvalue weighted by Crippen LogP contribution is 2.30. The zero-order valence-electron chi connectivity index (χ0n) is 22.3. The van der Waals surface area contributed by atoms with Crippen molar-refractivity contribution in [3.63, 3.8) is 0 Å². The molecule has 10 N–H and O–H groups in total. The highest BCUT2D eigenvalue weighted by atomic mass is 16.6. The number of aliphatic hydroxyl groups excluding tert-OH is 2. The van der Waals surface area contributed by atoms with Crippen LogP contribution in [0.5, 0.6) is 0 Å². The summed E-state index contributed by atoms with van der Waals surface area (Å²) < 4.78 is 11.9. The minimum atomic E-state index is -1.01. The number of aliphatic hydroxyl groups is 2. The molecular formula is C24H47N9O5. The fourth-order valence-electron chi connectivity index (χ4n) is 6.62. The average Bonchev–Trinajstić information content (AvgIpc) is 3.64. The highest BCUT2D eigenvalue weighted by Gasteiger charge is 2.51. The molecule has 5 fully saturated rings. The van der Waals surface area contributed by atoms with E-state index < -0.39 is 24.5 Å². The van der Waals surface area contributed by atoms with Gasteiger partial charge < -0.3 is 41.0 Å². The number of ether oxygens (including phenoxy) is 2. The minimum Gasteiger partial charge on any atom is -0.387 e. The van der Waals surface area contributed by atoms with Crippen molar-refractivity contribution in [3.8, 4) is 0 Å². The largest absolute Gasteiger partial charge is 0.387 e. The van der Waals surface area contributed by atoms with Crippen molar-refractivity contribution in [3.05, 3.63) is 0 Å². The molecule has 218 valence electrons. The molecule has 5 rings (SSSR count). The lowest BCUT2D eigenvalue weighted by molar-refractivity contribution is -0.106. The molecule has 0 bridgehead atoms. The lowest BCUT2D eigenvalue weighted by atomic mass is 9.82. The van der Waals surface area contributed by atoms with Crippen LogP contribution in [-0.4, -0.2) is 134 Å². The molecule has 4 heterocycles. The molecule has 38 heavy (non-hydrogen) atoms. The molecular weight excluding hydrogens is 494 g/mol. The van der Waals surface area contributed by atoms with E-state index in [0.717, 1.165) is 45.2 Å². The zero-order valence-corrected chi connectivity index (χ0v) is 22.3. The Morgan fingerprint density at radius 1 is 1.21 bits per heavy atom. The van der Waals surface area contributed by atoms with Gasteiger partial charge in [0.15, 0.2) is 0 Å². The van der Waals surface area contributed by atoms with Gasteiger partial charge in [-0.05, 0) is 45.2 Å². The quantitative estimate of drug-likeness (QED) is 0.132. The van der Waals surface area contributed by atoms with Crippen LogP contribution in [0.15, 0.2) is 0 Å². The van der Waals surface area contributed by atoms with Crippen molar-refractivity contribution in [2.24, 2.45) is 11.7 Å². The smallest absolute Gasteiger partial charge is 0.315 e. The van der Waals surface area contributed by atoms with E-state index in [2.05, 4.69) is 36.8 Å². The van der Waals surface area contributed by atoms with Crippen LogP contribution in [0.4, 0.5) is 4.79 Å². The molecule has 10 atom stereocenters. The predicted octanol–water partition coefficient (Wildman–Crippen LogP) is -3.45. The van der Waals surface area contributed by atoms with Crippen LogP contribution in [0.1, 0.15) is 32.1 Å². The fraction of sp³-hybridized carbons (Fsp3) is 0.958. The number of hydrogen-bond acceptors (Lipinski definition) is 12. The van der Waals surface area contributed by atoms with Gasteiger partial charge in [0.25, 0.3) is 0 Å². The molecule has 5 aliphatic rings. The lowest BCUT2D eigenvalue weighted by Crippen LogP contribution is -2.68. The van der Waals surface area contributed by atoms with Gasteiger partial charge in [0.2, 0.25) is 0 Å². The first kappa shape index (κ1) is 28.4. The maximum absolute atomic E-state index is 12.4. The number of carbonyl (C=O) groups excluding carboxylic acids is 1. The summed E-state index contributed by atoms with van der Waals surface area (Å²) in [7, 11) is 1.96. The number of nitrogens with zero attached hydrogens (tertiary/aromatic N) is 2. The maximum atomic E-state index is 12.4. The summed E-state index contributed by atoms with van der Waals surface area (Å²) in [5.41, 5.74) is 6.15. The third kappa shape index (κ3) is 6.58. The Hall–Kier alpha value is -1.17. The van der Waals surface area contributed by atoms with E-state index in [4.69, 9.17) is 15.2 Å². The van der Waals surface area contributed by atoms with Gasteiger partial charge in [-0.25, -0.2) is 9.69 Å². The topological polar surface area (TPSA) is 181 Å². The molecule has 6 unspecified atom stereocenters. The molecule has 1 saturated carbocycles. The number of carbonyl (C=O) groups is 1. The Bertz CT molecular complexity index is 778. The van der Waals surface area contributed by atoms with Gasteiger partial charge in [-0.3, -0.25) is 21.3 Å². The third-order valence-corrected chi connectivity index (χ3v) is 8.72. The maximum Gasteiger partial charge on any atom is 0.315 e. The number of nitrogens with two attached hydrogens (primary N) is 1. The third-order valence-electron chi connectivity index (χ3n) is 8.72. The normalized spacial score (nSPS) is 41.9. The second-order valence-electron chi connectivity index (χ2n) is 11.4. The number of rotatable bonds is 9. The second kappa shape index (κ2) is 13.0. The van der Waals surface area contributed by atoms with Gasteiger partial charge in [0.1, 0.15) is 24.5 Å². The first-order valence-electron chi connectivity index (χ1n) is 14.2. The Labute approximate surface area is 224 Å². The number of hydrogen-bond donors (Lipinski definition) is 9. The number of likely N-dealkylation sites (N-methyl/N-ethyl adjacent to an activating group) is 1. The summed E-state index contributed by atoms with van der Waals surface area (Å²) in [5.74, 6) is 0.501. The Balaban J connectivity index is 0.987. The van der Waals surface area contributed by atoms with Gasteiger partial charge in [-0.15, -0.1) is 0 Å². The van der Waals surface area contributed by atoms with Crippen LogP contribution in [-0.2, 0) is 9.47 Å². The van der Waals surface area contributed by atoms with Crippen molar-refractivity contribution >= 4 is 6.03 Å². The average molecular weight is 542 g/mol. The van der Waals surface area contributed by atoms with Crippen molar-refractivity contribution in [1.82, 2.24) is 41.7 Å². The highest BCUT2D eigenvalue weighted by molar-refractivity contribution is 5.74. The van der Waals surface area contributed by atoms with Gasteiger partial charge >= 0.3 is 6.03 Å². The molecule has 14 nitrogen and oxygen atoms in total. The zero-order chi connectivity index (χ0) is 26.6. The van der Waals surface area contributed by atoms with E-state index in [0.29, 0.717) is 39.1 Å². The van der Waals surface area contributed by atoms with Crippen LogP contribution in [0, 0.1) is 5.92 Å². The lowest BCUT2D eigenvalue weighted by Gasteiger charge is -2.38. The van der Waals surface area contributed by atoms with Crippen LogP contribution < -0.4 is 37.6 Å². The molecule has 4 saturated heterocycles. The molecule has 2 amide bonds. The fourth-order valence-corrected chi connectivity index (χ4v) is 6.62. The molecule has 4 aliphatic heterocycles. The molecule has 14 heteroatoms. The first-order valence-corrected chi connectivity index (χ1v) is 14.2. The summed E-state index contributed by atoms with van der Waals surface area (Å²) in [6, 6.07) is 0.0622. The van der Waals surface area contributed by atoms with Crippen molar-refractivity contribution in [2.45, 2.75) is 87.2 Å². The van der Waals surface area contributed by atoms with Crippen LogP contribution in [0.2, 0.25) is 0 Å². The number of fused-ring (bicyclic) bond motifs is 1. The van der Waals surface area contributed by atoms with Gasteiger partial charge in [-0.1, -0.05) is 6.42 Å². The van der Waals surface area contributed by atoms with Crippen LogP contribution in [0.3, 0.4) is 0 Å². The SMILES string of the molecule is CN(CCCNC(=O)NC1CCCC(C2CNCO2)C1)C[C@H]1O[C@@H](N2CNC3C(N)NCNC32)[C@H](O)[C@@H]1O. The molecule has 0 spiro atoms. The van der Waals surface area contributed by atoms with Crippen molar-refractivity contribution < 1.29 is 24.5 Å². The summed E-state index contributed by atoms with van der Waals surface area (Å²) >= 11 is 0. The number of amides is 2. The van der Waals surface area contributed by atoms with Gasteiger partial charge in [-0.2, -0.15) is 0 Å². The van der Waals surface area contributed by atoms with E-state index in [-0.39, 0.29) is 36.6 Å². The number of urea groups is 1. The summed E-state index contributed by atoms with van der Waals surface area (Å²) in [6.45, 7) is 4.37. The molecule has 1 aliphatic carbocycles. The van der Waals surface area contributed by atoms with E-state index in [1.165, 1.54) is 0 Å².